The number of pyridine rings is 2. The van der Waals surface area contributed by atoms with Crippen molar-refractivity contribution >= 4 is 23.1 Å². The van der Waals surface area contributed by atoms with Gasteiger partial charge in [-0.2, -0.15) is 0 Å². The fourth-order valence-electron chi connectivity index (χ4n) is 3.57. The maximum atomic E-state index is 12.6. The molecule has 1 aliphatic rings. The van der Waals surface area contributed by atoms with Crippen LogP contribution in [0.1, 0.15) is 11.1 Å². The molecule has 2 heterocycles. The monoisotopic (exact) mass is 593 g/mol. The second-order valence-corrected chi connectivity index (χ2v) is 7.08. The summed E-state index contributed by atoms with van der Waals surface area (Å²) >= 11 is 0. The van der Waals surface area contributed by atoms with Gasteiger partial charge in [-0.05, 0) is 34.6 Å². The molecule has 157 valence electrons. The molecule has 32 heavy (non-hydrogen) atoms. The summed E-state index contributed by atoms with van der Waals surface area (Å²) in [5.41, 5.74) is 7.22. The second kappa shape index (κ2) is 9.78. The van der Waals surface area contributed by atoms with Gasteiger partial charge in [0.1, 0.15) is 0 Å². The van der Waals surface area contributed by atoms with E-state index < -0.39 is 0 Å². The van der Waals surface area contributed by atoms with E-state index in [9.17, 15) is 4.39 Å². The molecule has 0 fully saturated rings. The Morgan fingerprint density at radius 1 is 0.719 bits per heavy atom. The predicted octanol–water partition coefficient (Wildman–Crippen LogP) is 6.87. The van der Waals surface area contributed by atoms with Crippen LogP contribution in [0.25, 0.3) is 45.6 Å². The summed E-state index contributed by atoms with van der Waals surface area (Å²) in [6.45, 7) is 0. The minimum absolute atomic E-state index is 0. The average Bonchev–Trinajstić information content (AvgIpc) is 3.26. The molecule has 0 bridgehead atoms. The van der Waals surface area contributed by atoms with Crippen LogP contribution in [0.2, 0.25) is 0 Å². The standard InChI is InChI=1S/C17H10N.C11H7FN.Ir/c1-2-5-12(6-3-1)16-11-14-10-9-13-7-4-8-15(18-16)17(13)14;12-10-6-4-9(5-7-10)11-3-1-2-8-13-11;/h1-5,7-11H;1-4,6-8H;/q2*-1;. The molecular weight excluding hydrogens is 576 g/mol. The normalized spacial score (nSPS) is 10.9. The summed E-state index contributed by atoms with van der Waals surface area (Å²) < 4.78 is 12.6. The predicted molar refractivity (Wildman–Crippen MR) is 123 cm³/mol. The van der Waals surface area contributed by atoms with E-state index in [-0.39, 0.29) is 25.9 Å². The van der Waals surface area contributed by atoms with Gasteiger partial charge in [0.2, 0.25) is 0 Å². The summed E-state index contributed by atoms with van der Waals surface area (Å²) in [7, 11) is 0. The van der Waals surface area contributed by atoms with E-state index >= 15 is 0 Å². The van der Waals surface area contributed by atoms with Crippen molar-refractivity contribution in [1.29, 1.82) is 0 Å². The molecule has 6 rings (SSSR count). The van der Waals surface area contributed by atoms with Gasteiger partial charge in [0.15, 0.2) is 0 Å². The van der Waals surface area contributed by atoms with Crippen molar-refractivity contribution in [2.45, 2.75) is 0 Å². The first-order valence-corrected chi connectivity index (χ1v) is 9.95. The van der Waals surface area contributed by atoms with Crippen LogP contribution < -0.4 is 0 Å². The molecule has 0 N–H and O–H groups in total. The van der Waals surface area contributed by atoms with E-state index in [2.05, 4.69) is 53.5 Å². The molecule has 2 nitrogen and oxygen atoms in total. The van der Waals surface area contributed by atoms with Crippen molar-refractivity contribution in [1.82, 2.24) is 9.97 Å². The zero-order chi connectivity index (χ0) is 21.0. The van der Waals surface area contributed by atoms with Gasteiger partial charge < -0.3 is 4.98 Å². The maximum absolute atomic E-state index is 12.6. The molecule has 2 aromatic heterocycles. The Bertz CT molecular complexity index is 1370. The topological polar surface area (TPSA) is 25.8 Å². The van der Waals surface area contributed by atoms with Crippen LogP contribution in [0.3, 0.4) is 0 Å². The Morgan fingerprint density at radius 2 is 1.56 bits per heavy atom. The summed E-state index contributed by atoms with van der Waals surface area (Å²) in [4.78, 5) is 8.86. The third-order valence-electron chi connectivity index (χ3n) is 5.04. The number of hydrogen-bond acceptors (Lipinski definition) is 2. The number of benzene rings is 3. The van der Waals surface area contributed by atoms with Crippen LogP contribution >= 0.6 is 0 Å². The molecule has 4 heteroatoms. The van der Waals surface area contributed by atoms with Gasteiger partial charge in [0.05, 0.1) is 5.52 Å². The van der Waals surface area contributed by atoms with Crippen LogP contribution in [0.5, 0.6) is 0 Å². The van der Waals surface area contributed by atoms with E-state index in [1.54, 1.807) is 12.3 Å². The van der Waals surface area contributed by atoms with Gasteiger partial charge in [-0.1, -0.05) is 42.5 Å². The molecular formula is C28H17FIrN2-2. The van der Waals surface area contributed by atoms with Gasteiger partial charge in [-0.15, -0.1) is 65.7 Å². The van der Waals surface area contributed by atoms with E-state index in [0.29, 0.717) is 0 Å². The summed E-state index contributed by atoms with van der Waals surface area (Å²) in [5, 5.41) is 1.26. The third-order valence-corrected chi connectivity index (χ3v) is 5.04. The quantitative estimate of drug-likeness (QED) is 0.205. The SMILES string of the molecule is Fc1c[c-]c(-c2ccccn2)cc1.[Ir].[c-]1ccccc1-c1cc2c3c(cccc3n1)C=C2. The zero-order valence-electron chi connectivity index (χ0n) is 16.9. The third kappa shape index (κ3) is 4.57. The minimum atomic E-state index is -0.278. The average molecular weight is 593 g/mol. The van der Waals surface area contributed by atoms with Crippen LogP contribution in [-0.4, -0.2) is 9.97 Å². The largest absolute Gasteiger partial charge is 0.305 e. The van der Waals surface area contributed by atoms with Gasteiger partial charge in [-0.25, -0.2) is 0 Å². The van der Waals surface area contributed by atoms with E-state index in [0.717, 1.165) is 28.0 Å². The Kier molecular flexibility index (Phi) is 6.65. The Morgan fingerprint density at radius 3 is 2.31 bits per heavy atom. The molecule has 5 aromatic rings. The molecule has 0 aliphatic heterocycles. The van der Waals surface area contributed by atoms with Gasteiger partial charge >= 0.3 is 0 Å². The first-order valence-electron chi connectivity index (χ1n) is 9.95. The number of hydrogen-bond donors (Lipinski definition) is 0. The van der Waals surface area contributed by atoms with Gasteiger partial charge in [0.25, 0.3) is 0 Å². The smallest absolute Gasteiger partial charge is 0.0607 e. The van der Waals surface area contributed by atoms with Gasteiger partial charge in [-0.3, -0.25) is 9.37 Å². The van der Waals surface area contributed by atoms with Crippen molar-refractivity contribution in [2.75, 3.05) is 0 Å². The van der Waals surface area contributed by atoms with Gasteiger partial charge in [0, 0.05) is 37.5 Å². The second-order valence-electron chi connectivity index (χ2n) is 7.08. The van der Waals surface area contributed by atoms with Crippen LogP contribution in [0, 0.1) is 17.9 Å². The summed E-state index contributed by atoms with van der Waals surface area (Å²) in [6, 6.07) is 32.4. The van der Waals surface area contributed by atoms with E-state index in [4.69, 9.17) is 4.98 Å². The molecule has 0 saturated carbocycles. The van der Waals surface area contributed by atoms with Crippen molar-refractivity contribution in [2.24, 2.45) is 0 Å². The maximum Gasteiger partial charge on any atom is 0.0607 e. The first kappa shape index (κ1) is 21.8. The molecule has 0 amide bonds. The van der Waals surface area contributed by atoms with Crippen molar-refractivity contribution in [3.63, 3.8) is 0 Å². The molecule has 1 aliphatic carbocycles. The van der Waals surface area contributed by atoms with Crippen molar-refractivity contribution in [3.05, 3.63) is 120 Å². The number of rotatable bonds is 2. The molecule has 0 saturated heterocycles. The fourth-order valence-corrected chi connectivity index (χ4v) is 3.57. The van der Waals surface area contributed by atoms with Crippen molar-refractivity contribution < 1.29 is 24.5 Å². The Labute approximate surface area is 199 Å². The summed E-state index contributed by atoms with van der Waals surface area (Å²) in [6.07, 6.45) is 6.01. The number of nitrogens with zero attached hydrogens (tertiary/aromatic N) is 2. The van der Waals surface area contributed by atoms with Crippen LogP contribution in [0.4, 0.5) is 4.39 Å². The van der Waals surface area contributed by atoms with Crippen molar-refractivity contribution in [3.8, 4) is 22.5 Å². The Hall–Kier alpha value is -3.46. The molecule has 0 unspecified atom stereocenters. The van der Waals surface area contributed by atoms with E-state index in [1.165, 1.54) is 28.6 Å². The number of aromatic nitrogens is 2. The Balaban J connectivity index is 0.000000157. The molecule has 0 atom stereocenters. The van der Waals surface area contributed by atoms with Crippen LogP contribution in [-0.2, 0) is 20.1 Å². The van der Waals surface area contributed by atoms with Crippen LogP contribution in [0.15, 0.2) is 91.1 Å². The summed E-state index contributed by atoms with van der Waals surface area (Å²) in [5.74, 6) is -0.278. The zero-order valence-corrected chi connectivity index (χ0v) is 19.3. The first-order chi connectivity index (χ1) is 15.3. The minimum Gasteiger partial charge on any atom is -0.305 e. The molecule has 0 spiro atoms. The number of halogens is 1. The fraction of sp³-hybridized carbons (Fsp3) is 0. The van der Waals surface area contributed by atoms with E-state index in [1.807, 2.05) is 42.5 Å². The molecule has 1 radical (unpaired) electrons. The molecule has 3 aromatic carbocycles.